The van der Waals surface area contributed by atoms with Gasteiger partial charge in [-0.15, -0.1) is 0 Å². The van der Waals surface area contributed by atoms with Gasteiger partial charge in [0.2, 0.25) is 0 Å². The van der Waals surface area contributed by atoms with E-state index in [1.807, 2.05) is 6.07 Å². The van der Waals surface area contributed by atoms with Gasteiger partial charge in [0.25, 0.3) is 0 Å². The summed E-state index contributed by atoms with van der Waals surface area (Å²) >= 11 is 0. The molecule has 0 radical (unpaired) electrons. The number of hydrogen-bond acceptors (Lipinski definition) is 4. The summed E-state index contributed by atoms with van der Waals surface area (Å²) in [5, 5.41) is 0. The average molecular weight is 209 g/mol. The molecular formula is C11H19N3O. The minimum absolute atomic E-state index is 0.626. The van der Waals surface area contributed by atoms with Crippen LogP contribution in [-0.4, -0.2) is 11.6 Å². The first-order valence-corrected chi connectivity index (χ1v) is 5.42. The minimum Gasteiger partial charge on any atom is -0.493 e. The molecule has 0 bridgehead atoms. The van der Waals surface area contributed by atoms with Crippen LogP contribution in [0.25, 0.3) is 0 Å². The zero-order valence-corrected chi connectivity index (χ0v) is 9.20. The average Bonchev–Trinajstić information content (AvgIpc) is 2.29. The Morgan fingerprint density at radius 1 is 1.40 bits per heavy atom. The lowest BCUT2D eigenvalue weighted by atomic mass is 10.2. The molecule has 0 atom stereocenters. The van der Waals surface area contributed by atoms with Gasteiger partial charge in [0.1, 0.15) is 11.6 Å². The van der Waals surface area contributed by atoms with Crippen molar-refractivity contribution in [1.29, 1.82) is 0 Å². The fourth-order valence-corrected chi connectivity index (χ4v) is 1.30. The molecule has 4 heteroatoms. The van der Waals surface area contributed by atoms with Crippen LogP contribution in [0.3, 0.4) is 0 Å². The van der Waals surface area contributed by atoms with Crippen molar-refractivity contribution in [2.75, 3.05) is 12.0 Å². The van der Waals surface area contributed by atoms with E-state index in [0.717, 1.165) is 18.8 Å². The van der Waals surface area contributed by atoms with Crippen molar-refractivity contribution in [2.45, 2.75) is 32.6 Å². The van der Waals surface area contributed by atoms with Crippen LogP contribution in [0.15, 0.2) is 18.3 Å². The summed E-state index contributed by atoms with van der Waals surface area (Å²) < 4.78 is 5.56. The molecule has 4 nitrogen and oxygen atoms in total. The Morgan fingerprint density at radius 2 is 2.27 bits per heavy atom. The van der Waals surface area contributed by atoms with Gasteiger partial charge in [0.05, 0.1) is 6.61 Å². The van der Waals surface area contributed by atoms with Crippen LogP contribution in [0.5, 0.6) is 5.75 Å². The van der Waals surface area contributed by atoms with Gasteiger partial charge in [0.15, 0.2) is 0 Å². The highest BCUT2D eigenvalue weighted by Gasteiger charge is 1.96. The second-order valence-corrected chi connectivity index (χ2v) is 3.43. The monoisotopic (exact) mass is 209 g/mol. The lowest BCUT2D eigenvalue weighted by molar-refractivity contribution is 0.305. The van der Waals surface area contributed by atoms with Crippen LogP contribution in [-0.2, 0) is 0 Å². The molecule has 0 aliphatic carbocycles. The molecule has 0 fully saturated rings. The van der Waals surface area contributed by atoms with Crippen molar-refractivity contribution in [3.8, 4) is 5.75 Å². The fraction of sp³-hybridized carbons (Fsp3) is 0.545. The number of nitrogens with two attached hydrogens (primary N) is 1. The molecule has 0 amide bonds. The molecule has 1 aromatic rings. The molecule has 0 aromatic carbocycles. The zero-order valence-electron chi connectivity index (χ0n) is 9.20. The SMILES string of the molecule is CCCCCCOc1ccnc(NN)c1. The smallest absolute Gasteiger partial charge is 0.143 e. The van der Waals surface area contributed by atoms with Gasteiger partial charge >= 0.3 is 0 Å². The van der Waals surface area contributed by atoms with E-state index < -0.39 is 0 Å². The van der Waals surface area contributed by atoms with E-state index in [9.17, 15) is 0 Å². The molecule has 0 unspecified atom stereocenters. The number of nitrogens with zero attached hydrogens (tertiary/aromatic N) is 1. The highest BCUT2D eigenvalue weighted by Crippen LogP contribution is 2.14. The Hall–Kier alpha value is -1.29. The van der Waals surface area contributed by atoms with Crippen LogP contribution in [0.1, 0.15) is 32.6 Å². The highest BCUT2D eigenvalue weighted by atomic mass is 16.5. The Balaban J connectivity index is 2.24. The molecule has 0 saturated heterocycles. The van der Waals surface area contributed by atoms with Gasteiger partial charge in [-0.05, 0) is 12.5 Å². The number of pyridine rings is 1. The Labute approximate surface area is 90.8 Å². The maximum absolute atomic E-state index is 5.56. The van der Waals surface area contributed by atoms with E-state index in [1.54, 1.807) is 12.3 Å². The second-order valence-electron chi connectivity index (χ2n) is 3.43. The zero-order chi connectivity index (χ0) is 10.9. The van der Waals surface area contributed by atoms with Gasteiger partial charge in [0, 0.05) is 12.3 Å². The quantitative estimate of drug-likeness (QED) is 0.411. The van der Waals surface area contributed by atoms with Gasteiger partial charge in [-0.2, -0.15) is 0 Å². The number of nitrogens with one attached hydrogen (secondary N) is 1. The Kier molecular flexibility index (Phi) is 5.55. The van der Waals surface area contributed by atoms with Gasteiger partial charge in [-0.3, -0.25) is 0 Å². The Morgan fingerprint density at radius 3 is 3.00 bits per heavy atom. The molecule has 84 valence electrons. The van der Waals surface area contributed by atoms with Crippen LogP contribution < -0.4 is 16.0 Å². The molecule has 1 aromatic heterocycles. The topological polar surface area (TPSA) is 60.2 Å². The lowest BCUT2D eigenvalue weighted by Crippen LogP contribution is -2.08. The molecular weight excluding hydrogens is 190 g/mol. The Bertz CT molecular complexity index is 278. The van der Waals surface area contributed by atoms with Crippen LogP contribution in [0, 0.1) is 0 Å². The molecule has 0 saturated carbocycles. The third-order valence-electron chi connectivity index (χ3n) is 2.15. The first-order valence-electron chi connectivity index (χ1n) is 5.42. The number of nitrogen functional groups attached to an aromatic ring is 1. The maximum atomic E-state index is 5.56. The number of aromatic nitrogens is 1. The van der Waals surface area contributed by atoms with Gasteiger partial charge < -0.3 is 10.2 Å². The summed E-state index contributed by atoms with van der Waals surface area (Å²) in [6, 6.07) is 3.63. The maximum Gasteiger partial charge on any atom is 0.143 e. The lowest BCUT2D eigenvalue weighted by Gasteiger charge is -2.06. The summed E-state index contributed by atoms with van der Waals surface area (Å²) in [7, 11) is 0. The van der Waals surface area contributed by atoms with Crippen LogP contribution in [0.2, 0.25) is 0 Å². The predicted molar refractivity (Wildman–Crippen MR) is 61.7 cm³/mol. The third kappa shape index (κ3) is 4.65. The summed E-state index contributed by atoms with van der Waals surface area (Å²) in [5.74, 6) is 6.69. The van der Waals surface area contributed by atoms with Crippen molar-refractivity contribution in [3.63, 3.8) is 0 Å². The summed E-state index contributed by atoms with van der Waals surface area (Å²) in [5.41, 5.74) is 2.49. The number of anilines is 1. The van der Waals surface area contributed by atoms with Crippen LogP contribution in [0.4, 0.5) is 5.82 Å². The number of hydrogen-bond donors (Lipinski definition) is 2. The van der Waals surface area contributed by atoms with Gasteiger partial charge in [-0.1, -0.05) is 26.2 Å². The third-order valence-corrected chi connectivity index (χ3v) is 2.15. The summed E-state index contributed by atoms with van der Waals surface area (Å²) in [4.78, 5) is 4.00. The van der Waals surface area contributed by atoms with Crippen molar-refractivity contribution in [2.24, 2.45) is 5.84 Å². The van der Waals surface area contributed by atoms with Crippen LogP contribution >= 0.6 is 0 Å². The summed E-state index contributed by atoms with van der Waals surface area (Å²) in [6.07, 6.45) is 6.52. The molecule has 0 spiro atoms. The van der Waals surface area contributed by atoms with E-state index in [2.05, 4.69) is 17.3 Å². The van der Waals surface area contributed by atoms with E-state index in [0.29, 0.717) is 5.82 Å². The molecule has 1 heterocycles. The van der Waals surface area contributed by atoms with E-state index >= 15 is 0 Å². The van der Waals surface area contributed by atoms with E-state index in [4.69, 9.17) is 10.6 Å². The molecule has 0 aliphatic heterocycles. The van der Waals surface area contributed by atoms with Gasteiger partial charge in [-0.25, -0.2) is 10.8 Å². The largest absolute Gasteiger partial charge is 0.493 e. The predicted octanol–water partition coefficient (Wildman–Crippen LogP) is 2.33. The van der Waals surface area contributed by atoms with Crippen molar-refractivity contribution in [3.05, 3.63) is 18.3 Å². The number of hydrazine groups is 1. The number of ether oxygens (including phenoxy) is 1. The summed E-state index contributed by atoms with van der Waals surface area (Å²) in [6.45, 7) is 2.96. The van der Waals surface area contributed by atoms with E-state index in [-0.39, 0.29) is 0 Å². The first-order chi connectivity index (χ1) is 7.36. The molecule has 0 aliphatic rings. The highest BCUT2D eigenvalue weighted by molar-refractivity contribution is 5.39. The normalized spacial score (nSPS) is 10.0. The van der Waals surface area contributed by atoms with E-state index in [1.165, 1.54) is 19.3 Å². The number of rotatable bonds is 7. The molecule has 1 rings (SSSR count). The molecule has 15 heavy (non-hydrogen) atoms. The van der Waals surface area contributed by atoms with Crippen molar-refractivity contribution < 1.29 is 4.74 Å². The fourth-order valence-electron chi connectivity index (χ4n) is 1.30. The molecule has 3 N–H and O–H groups in total. The standard InChI is InChI=1S/C11H19N3O/c1-2-3-4-5-8-15-10-6-7-13-11(9-10)14-12/h6-7,9H,2-5,8,12H2,1H3,(H,13,14). The second kappa shape index (κ2) is 7.06. The first kappa shape index (κ1) is 11.8. The van der Waals surface area contributed by atoms with Crippen molar-refractivity contribution >= 4 is 5.82 Å². The number of unbranched alkanes of at least 4 members (excludes halogenated alkanes) is 3. The van der Waals surface area contributed by atoms with Crippen molar-refractivity contribution in [1.82, 2.24) is 4.98 Å². The minimum atomic E-state index is 0.626.